The fourth-order valence-electron chi connectivity index (χ4n) is 1.42. The van der Waals surface area contributed by atoms with E-state index in [0.717, 1.165) is 11.4 Å². The lowest BCUT2D eigenvalue weighted by Crippen LogP contribution is -1.92. The van der Waals surface area contributed by atoms with Gasteiger partial charge in [0.2, 0.25) is 0 Å². The van der Waals surface area contributed by atoms with Crippen LogP contribution in [0.4, 0.5) is 4.39 Å². The highest BCUT2D eigenvalue weighted by Crippen LogP contribution is 2.08. The number of aromatic amines is 1. The molecule has 0 amide bonds. The molecule has 0 saturated carbocycles. The molecule has 0 spiro atoms. The first-order valence-corrected chi connectivity index (χ1v) is 4.66. The lowest BCUT2D eigenvalue weighted by Gasteiger charge is -1.98. The number of aliphatic hydroxyl groups is 1. The average molecular weight is 206 g/mol. The predicted molar refractivity (Wildman–Crippen MR) is 53.7 cm³/mol. The summed E-state index contributed by atoms with van der Waals surface area (Å²) in [6.07, 6.45) is 2.12. The van der Waals surface area contributed by atoms with Gasteiger partial charge in [0, 0.05) is 6.42 Å². The summed E-state index contributed by atoms with van der Waals surface area (Å²) in [7, 11) is 0. The molecular formula is C11H11FN2O. The minimum Gasteiger partial charge on any atom is -0.390 e. The maximum absolute atomic E-state index is 12.9. The highest BCUT2D eigenvalue weighted by atomic mass is 19.1. The van der Waals surface area contributed by atoms with E-state index in [1.807, 2.05) is 6.07 Å². The van der Waals surface area contributed by atoms with Crippen LogP contribution in [0.2, 0.25) is 0 Å². The Kier molecular flexibility index (Phi) is 2.78. The van der Waals surface area contributed by atoms with E-state index in [1.165, 1.54) is 12.1 Å². The zero-order valence-corrected chi connectivity index (χ0v) is 8.07. The molecule has 3 nitrogen and oxygen atoms in total. The molecule has 0 radical (unpaired) electrons. The van der Waals surface area contributed by atoms with Crippen molar-refractivity contribution in [3.8, 4) is 0 Å². The zero-order chi connectivity index (χ0) is 10.7. The van der Waals surface area contributed by atoms with Gasteiger partial charge in [0.05, 0.1) is 18.5 Å². The third kappa shape index (κ3) is 2.41. The van der Waals surface area contributed by atoms with Crippen LogP contribution in [0.1, 0.15) is 17.1 Å². The van der Waals surface area contributed by atoms with Crippen molar-refractivity contribution in [2.75, 3.05) is 0 Å². The predicted octanol–water partition coefficient (Wildman–Crippen LogP) is 1.63. The second-order valence-electron chi connectivity index (χ2n) is 3.32. The standard InChI is InChI=1S/C11H11FN2O/c12-9-3-1-2-8(4-9)5-11-13-6-10(7-15)14-11/h1-4,6,15H,5,7H2,(H,13,14). The summed E-state index contributed by atoms with van der Waals surface area (Å²) in [5.74, 6) is 0.478. The van der Waals surface area contributed by atoms with Crippen LogP contribution >= 0.6 is 0 Å². The molecule has 0 atom stereocenters. The molecule has 1 aromatic carbocycles. The van der Waals surface area contributed by atoms with Crippen molar-refractivity contribution in [1.82, 2.24) is 9.97 Å². The first kappa shape index (κ1) is 9.86. The number of nitrogens with one attached hydrogen (secondary N) is 1. The molecule has 1 aromatic heterocycles. The van der Waals surface area contributed by atoms with Gasteiger partial charge in [-0.15, -0.1) is 0 Å². The van der Waals surface area contributed by atoms with Crippen LogP contribution in [-0.2, 0) is 13.0 Å². The molecule has 0 aliphatic rings. The fraction of sp³-hybridized carbons (Fsp3) is 0.182. The van der Waals surface area contributed by atoms with E-state index in [9.17, 15) is 4.39 Å². The van der Waals surface area contributed by atoms with Crippen molar-refractivity contribution in [3.63, 3.8) is 0 Å². The number of hydrogen-bond acceptors (Lipinski definition) is 2. The van der Waals surface area contributed by atoms with Gasteiger partial charge in [-0.2, -0.15) is 0 Å². The number of aromatic nitrogens is 2. The van der Waals surface area contributed by atoms with E-state index in [-0.39, 0.29) is 12.4 Å². The summed E-state index contributed by atoms with van der Waals surface area (Å²) in [5, 5.41) is 8.83. The molecule has 0 unspecified atom stereocenters. The number of aliphatic hydroxyl groups excluding tert-OH is 1. The van der Waals surface area contributed by atoms with Crippen molar-refractivity contribution in [2.24, 2.45) is 0 Å². The Morgan fingerprint density at radius 2 is 2.27 bits per heavy atom. The summed E-state index contributed by atoms with van der Waals surface area (Å²) < 4.78 is 12.9. The monoisotopic (exact) mass is 206 g/mol. The molecule has 2 N–H and O–H groups in total. The molecule has 15 heavy (non-hydrogen) atoms. The Morgan fingerprint density at radius 3 is 2.93 bits per heavy atom. The highest BCUT2D eigenvalue weighted by Gasteiger charge is 2.01. The van der Waals surface area contributed by atoms with Crippen LogP contribution < -0.4 is 0 Å². The topological polar surface area (TPSA) is 48.9 Å². The van der Waals surface area contributed by atoms with E-state index in [0.29, 0.717) is 12.1 Å². The quantitative estimate of drug-likeness (QED) is 0.801. The number of benzene rings is 1. The first-order valence-electron chi connectivity index (χ1n) is 4.66. The average Bonchev–Trinajstić information content (AvgIpc) is 2.65. The molecule has 0 aliphatic heterocycles. The van der Waals surface area contributed by atoms with Crippen molar-refractivity contribution in [1.29, 1.82) is 0 Å². The Bertz CT molecular complexity index is 453. The SMILES string of the molecule is OCc1cnc(Cc2cccc(F)c2)[nH]1. The minimum absolute atomic E-state index is 0.0594. The summed E-state index contributed by atoms with van der Waals surface area (Å²) >= 11 is 0. The minimum atomic E-state index is -0.249. The van der Waals surface area contributed by atoms with Gasteiger partial charge in [0.25, 0.3) is 0 Å². The number of imidazole rings is 1. The molecule has 1 heterocycles. The third-order valence-electron chi connectivity index (χ3n) is 2.11. The second-order valence-corrected chi connectivity index (χ2v) is 3.32. The maximum Gasteiger partial charge on any atom is 0.123 e. The largest absolute Gasteiger partial charge is 0.390 e. The number of halogens is 1. The van der Waals surface area contributed by atoms with E-state index in [2.05, 4.69) is 9.97 Å². The number of rotatable bonds is 3. The highest BCUT2D eigenvalue weighted by molar-refractivity contribution is 5.20. The van der Waals surface area contributed by atoms with Gasteiger partial charge in [0.1, 0.15) is 11.6 Å². The molecule has 0 saturated heterocycles. The normalized spacial score (nSPS) is 10.5. The molecule has 2 rings (SSSR count). The molecule has 2 aromatic rings. The van der Waals surface area contributed by atoms with Crippen LogP contribution in [-0.4, -0.2) is 15.1 Å². The number of hydrogen-bond donors (Lipinski definition) is 2. The van der Waals surface area contributed by atoms with E-state index < -0.39 is 0 Å². The summed E-state index contributed by atoms with van der Waals surface area (Å²) in [4.78, 5) is 7.02. The smallest absolute Gasteiger partial charge is 0.123 e. The van der Waals surface area contributed by atoms with Gasteiger partial charge in [-0.1, -0.05) is 12.1 Å². The zero-order valence-electron chi connectivity index (χ0n) is 8.07. The van der Waals surface area contributed by atoms with Crippen molar-refractivity contribution < 1.29 is 9.50 Å². The Hall–Kier alpha value is -1.68. The second kappa shape index (κ2) is 4.23. The molecule has 0 bridgehead atoms. The number of nitrogens with zero attached hydrogens (tertiary/aromatic N) is 1. The van der Waals surface area contributed by atoms with Crippen LogP contribution in [0.5, 0.6) is 0 Å². The van der Waals surface area contributed by atoms with E-state index in [1.54, 1.807) is 12.3 Å². The Morgan fingerprint density at radius 1 is 1.40 bits per heavy atom. The van der Waals surface area contributed by atoms with Gasteiger partial charge in [-0.3, -0.25) is 0 Å². The molecule has 0 aliphatic carbocycles. The lowest BCUT2D eigenvalue weighted by atomic mass is 10.1. The molecule has 78 valence electrons. The fourth-order valence-corrected chi connectivity index (χ4v) is 1.42. The lowest BCUT2D eigenvalue weighted by molar-refractivity contribution is 0.277. The first-order chi connectivity index (χ1) is 7.28. The van der Waals surface area contributed by atoms with Gasteiger partial charge >= 0.3 is 0 Å². The van der Waals surface area contributed by atoms with Gasteiger partial charge in [-0.25, -0.2) is 9.37 Å². The van der Waals surface area contributed by atoms with E-state index in [4.69, 9.17) is 5.11 Å². The molecule has 0 fully saturated rings. The maximum atomic E-state index is 12.9. The van der Waals surface area contributed by atoms with Gasteiger partial charge in [0.15, 0.2) is 0 Å². The Labute approximate surface area is 86.6 Å². The van der Waals surface area contributed by atoms with Crippen molar-refractivity contribution >= 4 is 0 Å². The van der Waals surface area contributed by atoms with Crippen molar-refractivity contribution in [2.45, 2.75) is 13.0 Å². The van der Waals surface area contributed by atoms with Crippen LogP contribution in [0.15, 0.2) is 30.5 Å². The van der Waals surface area contributed by atoms with Gasteiger partial charge < -0.3 is 10.1 Å². The molecular weight excluding hydrogens is 195 g/mol. The van der Waals surface area contributed by atoms with Crippen LogP contribution in [0.3, 0.4) is 0 Å². The Balaban J connectivity index is 2.14. The van der Waals surface area contributed by atoms with Crippen molar-refractivity contribution in [3.05, 3.63) is 53.4 Å². The summed E-state index contributed by atoms with van der Waals surface area (Å²) in [6, 6.07) is 6.39. The summed E-state index contributed by atoms with van der Waals surface area (Å²) in [5.41, 5.74) is 1.52. The third-order valence-corrected chi connectivity index (χ3v) is 2.11. The van der Waals surface area contributed by atoms with Gasteiger partial charge in [-0.05, 0) is 17.7 Å². The number of H-pyrrole nitrogens is 1. The molecule has 4 heteroatoms. The van der Waals surface area contributed by atoms with Crippen LogP contribution in [0.25, 0.3) is 0 Å². The van der Waals surface area contributed by atoms with E-state index >= 15 is 0 Å². The van der Waals surface area contributed by atoms with Crippen LogP contribution in [0, 0.1) is 5.82 Å². The summed E-state index contributed by atoms with van der Waals surface area (Å²) in [6.45, 7) is -0.0594.